The van der Waals surface area contributed by atoms with Gasteiger partial charge in [-0.25, -0.2) is 4.79 Å². The summed E-state index contributed by atoms with van der Waals surface area (Å²) in [5.74, 6) is 0.737. The van der Waals surface area contributed by atoms with Crippen molar-refractivity contribution in [3.05, 3.63) is 76.9 Å². The second-order valence-corrected chi connectivity index (χ2v) is 9.85. The molecule has 1 atom stereocenters. The molecule has 0 aliphatic heterocycles. The second kappa shape index (κ2) is 11.4. The number of thioether (sulfide) groups is 1. The fourth-order valence-electron chi connectivity index (χ4n) is 3.63. The molecule has 2 aromatic heterocycles. The summed E-state index contributed by atoms with van der Waals surface area (Å²) in [6, 6.07) is 17.3. The van der Waals surface area contributed by atoms with Crippen LogP contribution in [-0.2, 0) is 16.6 Å². The molecule has 186 valence electrons. The van der Waals surface area contributed by atoms with Crippen molar-refractivity contribution in [2.24, 2.45) is 7.05 Å². The average molecular weight is 523 g/mol. The number of aromatic nitrogens is 3. The maximum Gasteiger partial charge on any atom is 0.341 e. The van der Waals surface area contributed by atoms with Crippen LogP contribution in [0.1, 0.15) is 34.8 Å². The summed E-state index contributed by atoms with van der Waals surface area (Å²) < 4.78 is 12.8. The topological polar surface area (TPSA) is 95.3 Å². The number of methoxy groups -OCH3 is 1. The van der Waals surface area contributed by atoms with E-state index in [0.29, 0.717) is 21.5 Å². The number of carbonyl (C=O) groups excluding carboxylic acids is 2. The van der Waals surface area contributed by atoms with Crippen LogP contribution in [-0.4, -0.2) is 39.5 Å². The summed E-state index contributed by atoms with van der Waals surface area (Å²) in [7, 11) is 3.16. The Balaban J connectivity index is 1.42. The van der Waals surface area contributed by atoms with Gasteiger partial charge in [-0.3, -0.25) is 4.79 Å². The molecule has 4 aromatic rings. The third-order valence-corrected chi connectivity index (χ3v) is 7.30. The number of aryl methyl sites for hydroxylation is 1. The van der Waals surface area contributed by atoms with E-state index in [1.54, 1.807) is 0 Å². The van der Waals surface area contributed by atoms with Crippen LogP contribution in [0, 0.1) is 6.92 Å². The molecule has 8 nitrogen and oxygen atoms in total. The first-order valence-electron chi connectivity index (χ1n) is 11.2. The van der Waals surface area contributed by atoms with Crippen LogP contribution in [0.4, 0.5) is 5.00 Å². The van der Waals surface area contributed by atoms with Gasteiger partial charge in [-0.2, -0.15) is 0 Å². The molecule has 36 heavy (non-hydrogen) atoms. The summed E-state index contributed by atoms with van der Waals surface area (Å²) in [4.78, 5) is 25.3. The maximum atomic E-state index is 12.8. The van der Waals surface area contributed by atoms with E-state index >= 15 is 0 Å². The Morgan fingerprint density at radius 2 is 1.92 bits per heavy atom. The molecule has 0 radical (unpaired) electrons. The van der Waals surface area contributed by atoms with Gasteiger partial charge in [0.2, 0.25) is 5.91 Å². The Hall–Kier alpha value is -3.63. The van der Waals surface area contributed by atoms with Gasteiger partial charge in [-0.1, -0.05) is 54.2 Å². The summed E-state index contributed by atoms with van der Waals surface area (Å²) in [5, 5.41) is 14.2. The van der Waals surface area contributed by atoms with Gasteiger partial charge in [0, 0.05) is 18.0 Å². The maximum absolute atomic E-state index is 12.8. The van der Waals surface area contributed by atoms with Crippen LogP contribution in [0.25, 0.3) is 11.1 Å². The number of hydrogen-bond acceptors (Lipinski definition) is 8. The summed E-state index contributed by atoms with van der Waals surface area (Å²) >= 11 is 2.54. The van der Waals surface area contributed by atoms with Crippen LogP contribution in [0.2, 0.25) is 0 Å². The predicted octanol–water partition coefficient (Wildman–Crippen LogP) is 5.51. The first kappa shape index (κ1) is 25.5. The van der Waals surface area contributed by atoms with Gasteiger partial charge in [0.05, 0.1) is 12.9 Å². The molecule has 10 heteroatoms. The van der Waals surface area contributed by atoms with Crippen molar-refractivity contribution in [2.45, 2.75) is 25.1 Å². The van der Waals surface area contributed by atoms with Crippen molar-refractivity contribution in [2.75, 3.05) is 18.2 Å². The van der Waals surface area contributed by atoms with E-state index in [0.717, 1.165) is 22.4 Å². The van der Waals surface area contributed by atoms with Crippen molar-refractivity contribution in [3.63, 3.8) is 0 Å². The highest BCUT2D eigenvalue weighted by atomic mass is 32.2. The van der Waals surface area contributed by atoms with Crippen LogP contribution >= 0.6 is 23.1 Å². The number of nitrogens with one attached hydrogen (secondary N) is 1. The van der Waals surface area contributed by atoms with Gasteiger partial charge in [-0.05, 0) is 37.1 Å². The van der Waals surface area contributed by atoms with Crippen LogP contribution in [0.5, 0.6) is 5.75 Å². The molecule has 0 bridgehead atoms. The monoisotopic (exact) mass is 522 g/mol. The zero-order valence-electron chi connectivity index (χ0n) is 20.3. The van der Waals surface area contributed by atoms with Gasteiger partial charge in [0.15, 0.2) is 17.1 Å². The van der Waals surface area contributed by atoms with Crippen molar-refractivity contribution < 1.29 is 19.1 Å². The molecule has 0 aliphatic rings. The average Bonchev–Trinajstić information content (AvgIpc) is 3.46. The Labute approximate surface area is 217 Å². The zero-order valence-corrected chi connectivity index (χ0v) is 22.0. The van der Waals surface area contributed by atoms with Gasteiger partial charge >= 0.3 is 5.97 Å². The summed E-state index contributed by atoms with van der Waals surface area (Å²) in [5.41, 5.74) is 3.04. The smallest absolute Gasteiger partial charge is 0.341 e. The number of benzene rings is 2. The second-order valence-electron chi connectivity index (χ2n) is 8.02. The minimum Gasteiger partial charge on any atom is -0.483 e. The Bertz CT molecular complexity index is 1370. The van der Waals surface area contributed by atoms with E-state index in [2.05, 4.69) is 15.5 Å². The fraction of sp³-hybridized carbons (Fsp3) is 0.231. The highest BCUT2D eigenvalue weighted by molar-refractivity contribution is 7.99. The zero-order chi connectivity index (χ0) is 25.7. The molecule has 0 spiro atoms. The molecule has 0 fully saturated rings. The van der Waals surface area contributed by atoms with E-state index < -0.39 is 5.97 Å². The van der Waals surface area contributed by atoms with E-state index in [1.165, 1.54) is 30.2 Å². The molecular formula is C26H26N4O4S2. The van der Waals surface area contributed by atoms with E-state index in [-0.39, 0.29) is 17.8 Å². The van der Waals surface area contributed by atoms with Crippen LogP contribution in [0.15, 0.2) is 65.1 Å². The fourth-order valence-corrected chi connectivity index (χ4v) is 5.32. The minimum atomic E-state index is -0.501. The molecule has 0 aliphatic carbocycles. The largest absolute Gasteiger partial charge is 0.483 e. The normalized spacial score (nSPS) is 11.7. The van der Waals surface area contributed by atoms with Crippen molar-refractivity contribution in [1.82, 2.24) is 14.8 Å². The van der Waals surface area contributed by atoms with Crippen molar-refractivity contribution >= 4 is 40.0 Å². The third kappa shape index (κ3) is 5.77. The van der Waals surface area contributed by atoms with Crippen molar-refractivity contribution in [1.29, 1.82) is 0 Å². The molecule has 2 aromatic carbocycles. The van der Waals surface area contributed by atoms with E-state index in [9.17, 15) is 9.59 Å². The number of esters is 1. The van der Waals surface area contributed by atoms with Gasteiger partial charge in [0.1, 0.15) is 16.3 Å². The molecule has 4 rings (SSSR count). The van der Waals surface area contributed by atoms with E-state index in [4.69, 9.17) is 9.47 Å². The lowest BCUT2D eigenvalue weighted by Crippen LogP contribution is -2.16. The first-order valence-corrected chi connectivity index (χ1v) is 13.0. The summed E-state index contributed by atoms with van der Waals surface area (Å²) in [6.07, 6.45) is -0.322. The lowest BCUT2D eigenvalue weighted by Gasteiger charge is -2.14. The Morgan fingerprint density at radius 1 is 1.14 bits per heavy atom. The molecule has 1 N–H and O–H groups in total. The van der Waals surface area contributed by atoms with Crippen LogP contribution in [0.3, 0.4) is 0 Å². The highest BCUT2D eigenvalue weighted by Gasteiger charge is 2.23. The van der Waals surface area contributed by atoms with E-state index in [1.807, 2.05) is 85.4 Å². The molecule has 0 saturated heterocycles. The van der Waals surface area contributed by atoms with Crippen LogP contribution < -0.4 is 10.1 Å². The molecule has 0 saturated carbocycles. The number of hydrogen-bond donors (Lipinski definition) is 1. The Kier molecular flexibility index (Phi) is 8.07. The lowest BCUT2D eigenvalue weighted by atomic mass is 10.0. The highest BCUT2D eigenvalue weighted by Crippen LogP contribution is 2.36. The SMILES string of the molecule is COC(=O)c1c(-c2ccccc2)csc1NC(=O)CSc1nnc(C(C)Oc2cccc(C)c2)n1C. The standard InChI is InChI=1S/C26H26N4O4S2/c1-16-9-8-12-19(13-16)34-17(2)23-28-29-26(30(23)3)36-15-21(31)27-24-22(25(32)33-4)20(14-35-24)18-10-6-5-7-11-18/h5-14,17H,15H2,1-4H3,(H,27,31). The molecule has 1 amide bonds. The number of nitrogens with zero attached hydrogens (tertiary/aromatic N) is 3. The lowest BCUT2D eigenvalue weighted by molar-refractivity contribution is -0.113. The number of thiophene rings is 1. The number of ether oxygens (including phenoxy) is 2. The Morgan fingerprint density at radius 3 is 2.64 bits per heavy atom. The summed E-state index contributed by atoms with van der Waals surface area (Å²) in [6.45, 7) is 3.91. The number of carbonyl (C=O) groups is 2. The molecule has 1 unspecified atom stereocenters. The number of amides is 1. The minimum absolute atomic E-state index is 0.0955. The number of rotatable bonds is 9. The number of anilines is 1. The first-order chi connectivity index (χ1) is 17.4. The third-order valence-electron chi connectivity index (χ3n) is 5.39. The predicted molar refractivity (Wildman–Crippen MR) is 142 cm³/mol. The molecular weight excluding hydrogens is 496 g/mol. The van der Waals surface area contributed by atoms with Gasteiger partial charge in [0.25, 0.3) is 0 Å². The van der Waals surface area contributed by atoms with Gasteiger partial charge in [-0.15, -0.1) is 21.5 Å². The van der Waals surface area contributed by atoms with Gasteiger partial charge < -0.3 is 19.4 Å². The quantitative estimate of drug-likeness (QED) is 0.229. The molecule has 2 heterocycles. The van der Waals surface area contributed by atoms with Crippen molar-refractivity contribution in [3.8, 4) is 16.9 Å².